The first kappa shape index (κ1) is 11.6. The van der Waals surface area contributed by atoms with Gasteiger partial charge in [-0.3, -0.25) is 9.78 Å². The minimum Gasteiger partial charge on any atom is -0.344 e. The molecule has 0 unspecified atom stereocenters. The molecule has 0 radical (unpaired) electrons. The number of nitrogens with zero attached hydrogens (tertiary/aromatic N) is 2. The quantitative estimate of drug-likeness (QED) is 0.757. The first-order chi connectivity index (χ1) is 8.09. The second kappa shape index (κ2) is 4.53. The maximum Gasteiger partial charge on any atom is 0.161 e. The zero-order valence-electron chi connectivity index (χ0n) is 10.4. The van der Waals surface area contributed by atoms with Crippen LogP contribution in [-0.2, 0) is 6.54 Å². The number of Topliss-reactive ketones (excluding diaryl/α,β-unsaturated/α-hetero) is 1. The van der Waals surface area contributed by atoms with Gasteiger partial charge in [0.05, 0.1) is 0 Å². The molecule has 17 heavy (non-hydrogen) atoms. The van der Waals surface area contributed by atoms with E-state index in [0.29, 0.717) is 0 Å². The number of rotatable bonds is 3. The van der Waals surface area contributed by atoms with Gasteiger partial charge < -0.3 is 4.57 Å². The molecule has 0 aromatic carbocycles. The second-order valence-corrected chi connectivity index (χ2v) is 4.28. The van der Waals surface area contributed by atoms with Crippen molar-refractivity contribution in [3.63, 3.8) is 0 Å². The molecule has 2 aromatic heterocycles. The van der Waals surface area contributed by atoms with Crippen molar-refractivity contribution < 1.29 is 4.79 Å². The maximum atomic E-state index is 11.5. The van der Waals surface area contributed by atoms with Gasteiger partial charge in [-0.2, -0.15) is 0 Å². The Labute approximate surface area is 101 Å². The number of aryl methyl sites for hydroxylation is 1. The number of hydrogen-bond acceptors (Lipinski definition) is 2. The topological polar surface area (TPSA) is 34.9 Å². The SMILES string of the molecule is CC(=O)c1cc(C)n(Cc2ccncc2)c1C. The van der Waals surface area contributed by atoms with Crippen molar-refractivity contribution in [2.75, 3.05) is 0 Å². The predicted octanol–water partition coefficient (Wildman–Crippen LogP) is 2.75. The highest BCUT2D eigenvalue weighted by atomic mass is 16.1. The number of carbonyl (C=O) groups is 1. The molecular weight excluding hydrogens is 212 g/mol. The molecule has 0 atom stereocenters. The summed E-state index contributed by atoms with van der Waals surface area (Å²) in [5.41, 5.74) is 4.16. The molecule has 0 fully saturated rings. The van der Waals surface area contributed by atoms with Gasteiger partial charge in [0.15, 0.2) is 5.78 Å². The van der Waals surface area contributed by atoms with E-state index in [9.17, 15) is 4.79 Å². The Balaban J connectivity index is 2.37. The van der Waals surface area contributed by atoms with Gasteiger partial charge in [0.25, 0.3) is 0 Å². The predicted molar refractivity (Wildman–Crippen MR) is 67.2 cm³/mol. The second-order valence-electron chi connectivity index (χ2n) is 4.28. The van der Waals surface area contributed by atoms with Crippen LogP contribution in [0.5, 0.6) is 0 Å². The van der Waals surface area contributed by atoms with Crippen molar-refractivity contribution >= 4 is 5.78 Å². The summed E-state index contributed by atoms with van der Waals surface area (Å²) in [7, 11) is 0. The van der Waals surface area contributed by atoms with Crippen molar-refractivity contribution in [3.05, 3.63) is 53.1 Å². The van der Waals surface area contributed by atoms with Gasteiger partial charge in [0, 0.05) is 35.9 Å². The highest BCUT2D eigenvalue weighted by Crippen LogP contribution is 2.17. The van der Waals surface area contributed by atoms with E-state index in [-0.39, 0.29) is 5.78 Å². The van der Waals surface area contributed by atoms with E-state index in [1.54, 1.807) is 19.3 Å². The minimum absolute atomic E-state index is 0.124. The van der Waals surface area contributed by atoms with Crippen LogP contribution in [0.15, 0.2) is 30.6 Å². The molecule has 0 spiro atoms. The normalized spacial score (nSPS) is 10.5. The fraction of sp³-hybridized carbons (Fsp3) is 0.286. The van der Waals surface area contributed by atoms with Gasteiger partial charge in [-0.25, -0.2) is 0 Å². The van der Waals surface area contributed by atoms with Gasteiger partial charge in [0.1, 0.15) is 0 Å². The molecule has 0 aliphatic rings. The third-order valence-corrected chi connectivity index (χ3v) is 3.04. The van der Waals surface area contributed by atoms with E-state index < -0.39 is 0 Å². The van der Waals surface area contributed by atoms with Crippen LogP contribution in [0.25, 0.3) is 0 Å². The van der Waals surface area contributed by atoms with Gasteiger partial charge in [-0.1, -0.05) is 0 Å². The average molecular weight is 228 g/mol. The van der Waals surface area contributed by atoms with Gasteiger partial charge >= 0.3 is 0 Å². The Bertz CT molecular complexity index is 541. The third kappa shape index (κ3) is 2.28. The summed E-state index contributed by atoms with van der Waals surface area (Å²) < 4.78 is 2.16. The number of carbonyl (C=O) groups excluding carboxylic acids is 1. The number of ketones is 1. The van der Waals surface area contributed by atoms with Crippen molar-refractivity contribution in [1.82, 2.24) is 9.55 Å². The van der Waals surface area contributed by atoms with E-state index in [0.717, 1.165) is 23.5 Å². The molecule has 0 saturated heterocycles. The van der Waals surface area contributed by atoms with Crippen molar-refractivity contribution in [2.24, 2.45) is 0 Å². The van der Waals surface area contributed by atoms with Gasteiger partial charge in [0.2, 0.25) is 0 Å². The summed E-state index contributed by atoms with van der Waals surface area (Å²) in [4.78, 5) is 15.5. The molecule has 0 N–H and O–H groups in total. The monoisotopic (exact) mass is 228 g/mol. The van der Waals surface area contributed by atoms with Crippen LogP contribution in [-0.4, -0.2) is 15.3 Å². The largest absolute Gasteiger partial charge is 0.344 e. The van der Waals surface area contributed by atoms with Crippen molar-refractivity contribution in [1.29, 1.82) is 0 Å². The molecule has 3 heteroatoms. The van der Waals surface area contributed by atoms with Crippen molar-refractivity contribution in [2.45, 2.75) is 27.3 Å². The lowest BCUT2D eigenvalue weighted by Gasteiger charge is -2.09. The zero-order valence-corrected chi connectivity index (χ0v) is 10.4. The molecule has 2 rings (SSSR count). The Kier molecular flexibility index (Phi) is 3.09. The van der Waals surface area contributed by atoms with E-state index >= 15 is 0 Å². The minimum atomic E-state index is 0.124. The molecule has 0 aliphatic carbocycles. The van der Waals surface area contributed by atoms with Gasteiger partial charge in [-0.15, -0.1) is 0 Å². The lowest BCUT2D eigenvalue weighted by atomic mass is 10.2. The highest BCUT2D eigenvalue weighted by molar-refractivity contribution is 5.95. The Morgan fingerprint density at radius 1 is 1.29 bits per heavy atom. The van der Waals surface area contributed by atoms with Crippen LogP contribution >= 0.6 is 0 Å². The van der Waals surface area contributed by atoms with Crippen LogP contribution < -0.4 is 0 Å². The lowest BCUT2D eigenvalue weighted by Crippen LogP contribution is -2.05. The van der Waals surface area contributed by atoms with E-state index in [1.165, 1.54) is 5.56 Å². The fourth-order valence-corrected chi connectivity index (χ4v) is 2.07. The van der Waals surface area contributed by atoms with Gasteiger partial charge in [-0.05, 0) is 44.5 Å². The number of hydrogen-bond donors (Lipinski definition) is 0. The summed E-state index contributed by atoms with van der Waals surface area (Å²) in [6.07, 6.45) is 3.57. The molecular formula is C14H16N2O. The fourth-order valence-electron chi connectivity index (χ4n) is 2.07. The zero-order chi connectivity index (χ0) is 12.4. The lowest BCUT2D eigenvalue weighted by molar-refractivity contribution is 0.101. The van der Waals surface area contributed by atoms with Crippen LogP contribution in [0.3, 0.4) is 0 Å². The van der Waals surface area contributed by atoms with E-state index in [1.807, 2.05) is 32.0 Å². The summed E-state index contributed by atoms with van der Waals surface area (Å²) in [5, 5.41) is 0. The summed E-state index contributed by atoms with van der Waals surface area (Å²) in [5.74, 6) is 0.124. The first-order valence-corrected chi connectivity index (χ1v) is 5.66. The number of aromatic nitrogens is 2. The van der Waals surface area contributed by atoms with Crippen LogP contribution in [0.1, 0.15) is 34.2 Å². The first-order valence-electron chi connectivity index (χ1n) is 5.66. The summed E-state index contributed by atoms with van der Waals surface area (Å²) in [6.45, 7) is 6.41. The molecule has 0 amide bonds. The Morgan fingerprint density at radius 3 is 2.47 bits per heavy atom. The van der Waals surface area contributed by atoms with E-state index in [4.69, 9.17) is 0 Å². The molecule has 0 saturated carbocycles. The molecule has 3 nitrogen and oxygen atoms in total. The van der Waals surface area contributed by atoms with Crippen LogP contribution in [0.2, 0.25) is 0 Å². The summed E-state index contributed by atoms with van der Waals surface area (Å²) in [6, 6.07) is 5.94. The van der Waals surface area contributed by atoms with Crippen molar-refractivity contribution in [3.8, 4) is 0 Å². The Hall–Kier alpha value is -1.90. The summed E-state index contributed by atoms with van der Waals surface area (Å²) >= 11 is 0. The van der Waals surface area contributed by atoms with Crippen LogP contribution in [0, 0.1) is 13.8 Å². The van der Waals surface area contributed by atoms with E-state index in [2.05, 4.69) is 9.55 Å². The number of pyridine rings is 1. The maximum absolute atomic E-state index is 11.5. The molecule has 0 aliphatic heterocycles. The standard InChI is InChI=1S/C14H16N2O/c1-10-8-14(12(3)17)11(2)16(10)9-13-4-6-15-7-5-13/h4-8H,9H2,1-3H3. The molecule has 2 aromatic rings. The molecule has 88 valence electrons. The smallest absolute Gasteiger partial charge is 0.161 e. The third-order valence-electron chi connectivity index (χ3n) is 3.04. The molecule has 0 bridgehead atoms. The average Bonchev–Trinajstić information content (AvgIpc) is 2.58. The van der Waals surface area contributed by atoms with Crippen LogP contribution in [0.4, 0.5) is 0 Å². The highest BCUT2D eigenvalue weighted by Gasteiger charge is 2.12. The molecule has 2 heterocycles. The Morgan fingerprint density at radius 2 is 1.94 bits per heavy atom.